The lowest BCUT2D eigenvalue weighted by Gasteiger charge is -2.08. The van der Waals surface area contributed by atoms with Gasteiger partial charge in [0.2, 0.25) is 0 Å². The van der Waals surface area contributed by atoms with Crippen LogP contribution in [0.5, 0.6) is 5.75 Å². The Morgan fingerprint density at radius 2 is 1.90 bits per heavy atom. The van der Waals surface area contributed by atoms with E-state index in [0.717, 1.165) is 29.0 Å². The Morgan fingerprint density at radius 3 is 2.57 bits per heavy atom. The van der Waals surface area contributed by atoms with Gasteiger partial charge < -0.3 is 9.47 Å². The van der Waals surface area contributed by atoms with Gasteiger partial charge in [0.05, 0.1) is 6.61 Å². The summed E-state index contributed by atoms with van der Waals surface area (Å²) in [5, 5.41) is 0. The fourth-order valence-corrected chi connectivity index (χ4v) is 2.19. The Labute approximate surface area is 124 Å². The Hall–Kier alpha value is -2.13. The number of rotatable bonds is 5. The van der Waals surface area contributed by atoms with E-state index < -0.39 is 0 Å². The molecule has 0 radical (unpaired) electrons. The number of hydrogen-bond donors (Lipinski definition) is 0. The maximum Gasteiger partial charge on any atom is 0.193 e. The molecule has 0 spiro atoms. The van der Waals surface area contributed by atoms with Crippen LogP contribution < -0.4 is 4.74 Å². The summed E-state index contributed by atoms with van der Waals surface area (Å²) in [7, 11) is 0. The number of carbonyl (C=O) groups excluding carboxylic acids is 1. The molecule has 2 aromatic carbocycles. The van der Waals surface area contributed by atoms with Crippen LogP contribution in [0.2, 0.25) is 0 Å². The molecule has 1 unspecified atom stereocenters. The van der Waals surface area contributed by atoms with Crippen molar-refractivity contribution in [2.24, 2.45) is 0 Å². The topological polar surface area (TPSA) is 38.8 Å². The van der Waals surface area contributed by atoms with Crippen molar-refractivity contribution in [1.29, 1.82) is 0 Å². The van der Waals surface area contributed by atoms with Crippen LogP contribution in [0.4, 0.5) is 0 Å². The van der Waals surface area contributed by atoms with Gasteiger partial charge >= 0.3 is 0 Å². The molecule has 0 aliphatic carbocycles. The third-order valence-corrected chi connectivity index (χ3v) is 3.59. The second-order valence-corrected chi connectivity index (χ2v) is 5.44. The van der Waals surface area contributed by atoms with Crippen LogP contribution in [-0.2, 0) is 4.74 Å². The van der Waals surface area contributed by atoms with Crippen LogP contribution in [0, 0.1) is 13.8 Å². The van der Waals surface area contributed by atoms with E-state index in [-0.39, 0.29) is 11.9 Å². The Morgan fingerprint density at radius 1 is 1.19 bits per heavy atom. The van der Waals surface area contributed by atoms with Crippen molar-refractivity contribution in [3.63, 3.8) is 0 Å². The summed E-state index contributed by atoms with van der Waals surface area (Å²) >= 11 is 0. The normalized spacial score (nSPS) is 16.6. The van der Waals surface area contributed by atoms with Crippen LogP contribution in [-0.4, -0.2) is 25.1 Å². The quantitative estimate of drug-likeness (QED) is 0.624. The Bertz CT molecular complexity index is 655. The maximum atomic E-state index is 12.5. The lowest BCUT2D eigenvalue weighted by molar-refractivity contribution is 0.103. The molecule has 3 rings (SSSR count). The average molecular weight is 282 g/mol. The molecule has 0 bridgehead atoms. The van der Waals surface area contributed by atoms with Crippen LogP contribution in [0.1, 0.15) is 27.0 Å². The highest BCUT2D eigenvalue weighted by atomic mass is 16.6. The number of aryl methyl sites for hydroxylation is 2. The lowest BCUT2D eigenvalue weighted by Crippen LogP contribution is -2.06. The molecule has 0 saturated carbocycles. The summed E-state index contributed by atoms with van der Waals surface area (Å²) < 4.78 is 10.7. The predicted octanol–water partition coefficient (Wildman–Crippen LogP) is 3.31. The molecule has 21 heavy (non-hydrogen) atoms. The number of hydrogen-bond acceptors (Lipinski definition) is 3. The third kappa shape index (κ3) is 3.31. The highest BCUT2D eigenvalue weighted by Gasteiger charge is 2.23. The van der Waals surface area contributed by atoms with E-state index >= 15 is 0 Å². The van der Waals surface area contributed by atoms with Gasteiger partial charge in [-0.05, 0) is 49.7 Å². The van der Waals surface area contributed by atoms with Gasteiger partial charge in [0.15, 0.2) is 5.78 Å². The summed E-state index contributed by atoms with van der Waals surface area (Å²) in [5.74, 6) is 0.816. The van der Waals surface area contributed by atoms with Crippen LogP contribution in [0.25, 0.3) is 0 Å². The average Bonchev–Trinajstić information content (AvgIpc) is 3.32. The van der Waals surface area contributed by atoms with E-state index in [2.05, 4.69) is 0 Å². The van der Waals surface area contributed by atoms with Crippen molar-refractivity contribution < 1.29 is 14.3 Å². The molecule has 1 heterocycles. The molecule has 3 nitrogen and oxygen atoms in total. The molecule has 1 aliphatic heterocycles. The minimum atomic E-state index is 0.0493. The molecule has 108 valence electrons. The van der Waals surface area contributed by atoms with Crippen molar-refractivity contribution in [1.82, 2.24) is 0 Å². The van der Waals surface area contributed by atoms with Gasteiger partial charge in [-0.1, -0.05) is 17.7 Å². The standard InChI is InChI=1S/C18H18O3/c1-12-3-4-13(2)17(9-12)18(19)14-5-7-15(8-6-14)20-10-16-11-21-16/h3-9,16H,10-11H2,1-2H3. The van der Waals surface area contributed by atoms with E-state index in [1.165, 1.54) is 0 Å². The first-order chi connectivity index (χ1) is 10.1. The maximum absolute atomic E-state index is 12.5. The molecule has 1 atom stereocenters. The van der Waals surface area contributed by atoms with Crippen LogP contribution >= 0.6 is 0 Å². The van der Waals surface area contributed by atoms with E-state index in [1.807, 2.05) is 56.3 Å². The molecule has 1 saturated heterocycles. The van der Waals surface area contributed by atoms with Crippen LogP contribution in [0.15, 0.2) is 42.5 Å². The molecular weight excluding hydrogens is 264 g/mol. The molecule has 0 N–H and O–H groups in total. The molecule has 3 heteroatoms. The Kier molecular flexibility index (Phi) is 3.76. The summed E-state index contributed by atoms with van der Waals surface area (Å²) in [4.78, 5) is 12.5. The minimum Gasteiger partial charge on any atom is -0.491 e. The lowest BCUT2D eigenvalue weighted by atomic mass is 9.97. The van der Waals surface area contributed by atoms with Crippen molar-refractivity contribution in [2.75, 3.05) is 13.2 Å². The largest absolute Gasteiger partial charge is 0.491 e. The number of ether oxygens (including phenoxy) is 2. The zero-order chi connectivity index (χ0) is 14.8. The number of epoxide rings is 1. The Balaban J connectivity index is 1.75. The molecular formula is C18H18O3. The zero-order valence-corrected chi connectivity index (χ0v) is 12.3. The van der Waals surface area contributed by atoms with Gasteiger partial charge in [0.25, 0.3) is 0 Å². The summed E-state index contributed by atoms with van der Waals surface area (Å²) in [6, 6.07) is 13.2. The van der Waals surface area contributed by atoms with E-state index in [0.29, 0.717) is 12.2 Å². The first-order valence-corrected chi connectivity index (χ1v) is 7.10. The van der Waals surface area contributed by atoms with Crippen molar-refractivity contribution in [2.45, 2.75) is 20.0 Å². The molecule has 0 amide bonds. The fourth-order valence-electron chi connectivity index (χ4n) is 2.19. The highest BCUT2D eigenvalue weighted by molar-refractivity contribution is 6.10. The van der Waals surface area contributed by atoms with E-state index in [9.17, 15) is 4.79 Å². The van der Waals surface area contributed by atoms with Crippen molar-refractivity contribution >= 4 is 5.78 Å². The van der Waals surface area contributed by atoms with Gasteiger partial charge in [-0.15, -0.1) is 0 Å². The summed E-state index contributed by atoms with van der Waals surface area (Å²) in [6.07, 6.45) is 0.237. The summed E-state index contributed by atoms with van der Waals surface area (Å²) in [6.45, 7) is 5.31. The molecule has 0 aromatic heterocycles. The van der Waals surface area contributed by atoms with Gasteiger partial charge in [0, 0.05) is 11.1 Å². The number of ketones is 1. The fraction of sp³-hybridized carbons (Fsp3) is 0.278. The first-order valence-electron chi connectivity index (χ1n) is 7.10. The van der Waals surface area contributed by atoms with E-state index in [1.54, 1.807) is 0 Å². The smallest absolute Gasteiger partial charge is 0.193 e. The van der Waals surface area contributed by atoms with Gasteiger partial charge in [0.1, 0.15) is 18.5 Å². The van der Waals surface area contributed by atoms with Crippen molar-refractivity contribution in [3.05, 3.63) is 64.7 Å². The minimum absolute atomic E-state index is 0.0493. The highest BCUT2D eigenvalue weighted by Crippen LogP contribution is 2.19. The van der Waals surface area contributed by atoms with Gasteiger partial charge in [-0.25, -0.2) is 0 Å². The van der Waals surface area contributed by atoms with Crippen molar-refractivity contribution in [3.8, 4) is 5.75 Å². The molecule has 1 fully saturated rings. The monoisotopic (exact) mass is 282 g/mol. The zero-order valence-electron chi connectivity index (χ0n) is 12.3. The predicted molar refractivity (Wildman–Crippen MR) is 81.0 cm³/mol. The number of carbonyl (C=O) groups is 1. The van der Waals surface area contributed by atoms with Crippen LogP contribution in [0.3, 0.4) is 0 Å². The second-order valence-electron chi connectivity index (χ2n) is 5.44. The van der Waals surface area contributed by atoms with Gasteiger partial charge in [-0.2, -0.15) is 0 Å². The SMILES string of the molecule is Cc1ccc(C)c(C(=O)c2ccc(OCC3CO3)cc2)c1. The third-order valence-electron chi connectivity index (χ3n) is 3.59. The number of benzene rings is 2. The van der Waals surface area contributed by atoms with E-state index in [4.69, 9.17) is 9.47 Å². The first kappa shape index (κ1) is 13.8. The summed E-state index contributed by atoms with van der Waals surface area (Å²) in [5.41, 5.74) is 3.53. The molecule has 1 aliphatic rings. The molecule has 2 aromatic rings. The second kappa shape index (κ2) is 5.70. The van der Waals surface area contributed by atoms with Gasteiger partial charge in [-0.3, -0.25) is 4.79 Å².